The van der Waals surface area contributed by atoms with Gasteiger partial charge in [0.15, 0.2) is 0 Å². The molecule has 2 heterocycles. The van der Waals surface area contributed by atoms with Gasteiger partial charge in [-0.2, -0.15) is 0 Å². The maximum Gasteiger partial charge on any atom is 0.228 e. The van der Waals surface area contributed by atoms with Gasteiger partial charge in [-0.3, -0.25) is 9.59 Å². The van der Waals surface area contributed by atoms with E-state index < -0.39 is 0 Å². The van der Waals surface area contributed by atoms with Crippen LogP contribution in [0.2, 0.25) is 0 Å². The van der Waals surface area contributed by atoms with Crippen molar-refractivity contribution in [2.24, 2.45) is 11.8 Å². The van der Waals surface area contributed by atoms with Gasteiger partial charge in [-0.05, 0) is 60.9 Å². The van der Waals surface area contributed by atoms with Gasteiger partial charge in [0.25, 0.3) is 0 Å². The van der Waals surface area contributed by atoms with Crippen LogP contribution in [0.15, 0.2) is 61.1 Å². The van der Waals surface area contributed by atoms with E-state index in [1.54, 1.807) is 12.5 Å². The molecule has 1 fully saturated rings. The minimum absolute atomic E-state index is 0.00705. The molecular weight excluding hydrogens is 450 g/mol. The van der Waals surface area contributed by atoms with Crippen molar-refractivity contribution in [3.05, 3.63) is 83.4 Å². The average Bonchev–Trinajstić information content (AvgIpc) is 3.60. The van der Waals surface area contributed by atoms with Crippen LogP contribution >= 0.6 is 0 Å². The monoisotopic (exact) mass is 485 g/mol. The van der Waals surface area contributed by atoms with Crippen LogP contribution < -0.4 is 10.6 Å². The van der Waals surface area contributed by atoms with Gasteiger partial charge < -0.3 is 20.5 Å². The first-order valence-electron chi connectivity index (χ1n) is 13.1. The van der Waals surface area contributed by atoms with Crippen LogP contribution in [-0.2, 0) is 35.3 Å². The molecule has 1 aromatic heterocycles. The number of anilines is 1. The molecule has 1 aliphatic carbocycles. The number of rotatable bonds is 9. The second-order valence-corrected chi connectivity index (χ2v) is 10.1. The van der Waals surface area contributed by atoms with Gasteiger partial charge in [0.2, 0.25) is 11.8 Å². The first kappa shape index (κ1) is 24.3. The summed E-state index contributed by atoms with van der Waals surface area (Å²) in [6, 6.07) is 16.6. The molecule has 0 radical (unpaired) electrons. The van der Waals surface area contributed by atoms with E-state index >= 15 is 0 Å². The second-order valence-electron chi connectivity index (χ2n) is 10.1. The number of likely N-dealkylation sites (tertiary alicyclic amines) is 1. The summed E-state index contributed by atoms with van der Waals surface area (Å²) in [6.45, 7) is 2.71. The maximum absolute atomic E-state index is 13.3. The molecule has 2 aromatic carbocycles. The minimum atomic E-state index is -0.230. The van der Waals surface area contributed by atoms with Crippen LogP contribution in [0.3, 0.4) is 0 Å². The number of hydrogen-bond acceptors (Lipinski definition) is 4. The lowest BCUT2D eigenvalue weighted by atomic mass is 9.87. The fourth-order valence-electron chi connectivity index (χ4n) is 5.46. The lowest BCUT2D eigenvalue weighted by molar-refractivity contribution is -0.129. The summed E-state index contributed by atoms with van der Waals surface area (Å²) in [7, 11) is 0. The molecule has 3 aromatic rings. The molecule has 36 heavy (non-hydrogen) atoms. The number of piperidine rings is 1. The zero-order valence-corrected chi connectivity index (χ0v) is 20.7. The summed E-state index contributed by atoms with van der Waals surface area (Å²) in [6.07, 6.45) is 8.98. The lowest BCUT2D eigenvalue weighted by Crippen LogP contribution is -2.49. The van der Waals surface area contributed by atoms with Crippen LogP contribution in [0.5, 0.6) is 0 Å². The number of carbonyl (C=O) groups excluding carboxylic acids is 2. The van der Waals surface area contributed by atoms with E-state index in [0.29, 0.717) is 32.5 Å². The zero-order chi connectivity index (χ0) is 24.7. The Morgan fingerprint density at radius 1 is 0.972 bits per heavy atom. The number of hydrogen-bond donors (Lipinski definition) is 3. The van der Waals surface area contributed by atoms with E-state index in [2.05, 4.69) is 49.8 Å². The number of aromatic amines is 1. The number of aromatic nitrogens is 2. The van der Waals surface area contributed by atoms with Crippen LogP contribution in [0.25, 0.3) is 0 Å². The number of nitrogens with one attached hydrogen (secondary N) is 3. The van der Waals surface area contributed by atoms with Gasteiger partial charge in [0, 0.05) is 50.2 Å². The number of H-pyrrole nitrogens is 1. The predicted octanol–water partition coefficient (Wildman–Crippen LogP) is 3.38. The highest BCUT2D eigenvalue weighted by atomic mass is 16.2. The molecule has 7 nitrogen and oxygen atoms in total. The number of fused-ring (bicyclic) bond motifs is 1. The average molecular weight is 486 g/mol. The normalized spacial score (nSPS) is 19.6. The van der Waals surface area contributed by atoms with Gasteiger partial charge in [-0.25, -0.2) is 4.98 Å². The Bertz CT molecular complexity index is 1160. The number of amides is 2. The highest BCUT2D eigenvalue weighted by molar-refractivity contribution is 5.93. The third-order valence-corrected chi connectivity index (χ3v) is 7.44. The van der Waals surface area contributed by atoms with Crippen LogP contribution in [0.4, 0.5) is 5.69 Å². The maximum atomic E-state index is 13.3. The van der Waals surface area contributed by atoms with E-state index in [4.69, 9.17) is 0 Å². The Kier molecular flexibility index (Phi) is 7.76. The van der Waals surface area contributed by atoms with Crippen molar-refractivity contribution in [3.8, 4) is 0 Å². The number of imidazole rings is 1. The third-order valence-electron chi connectivity index (χ3n) is 7.44. The molecular formula is C29H35N5O2. The second kappa shape index (κ2) is 11.5. The molecule has 1 aliphatic heterocycles. The highest BCUT2D eigenvalue weighted by Gasteiger charge is 2.35. The summed E-state index contributed by atoms with van der Waals surface area (Å²) in [4.78, 5) is 35.8. The molecule has 2 aliphatic rings. The fourth-order valence-corrected chi connectivity index (χ4v) is 5.46. The molecule has 3 N–H and O–H groups in total. The van der Waals surface area contributed by atoms with E-state index in [-0.39, 0.29) is 23.7 Å². The van der Waals surface area contributed by atoms with E-state index in [1.165, 1.54) is 23.1 Å². The van der Waals surface area contributed by atoms with Gasteiger partial charge in [0.05, 0.1) is 18.2 Å². The molecule has 188 valence electrons. The van der Waals surface area contributed by atoms with Crippen molar-refractivity contribution < 1.29 is 9.59 Å². The van der Waals surface area contributed by atoms with E-state index in [1.807, 2.05) is 24.3 Å². The standard InChI is InChI=1S/C29H35N5O2/c35-28(31-13-11-27-17-30-20-32-27)24-15-25(19-34(18-24)14-12-21-5-2-1-3-6-21)29(36)33-26-10-9-22-7-4-8-23(22)16-26/h1-3,5-6,9-10,16-17,20,24-25H,4,7-8,11-15,18-19H2,(H,30,32)(H,31,35)(H,33,36)/t24-,25+/m0/s1. The molecule has 2 amide bonds. The summed E-state index contributed by atoms with van der Waals surface area (Å²) < 4.78 is 0. The Morgan fingerprint density at radius 2 is 1.78 bits per heavy atom. The van der Waals surface area contributed by atoms with Crippen molar-refractivity contribution >= 4 is 17.5 Å². The molecule has 0 spiro atoms. The Morgan fingerprint density at radius 3 is 2.58 bits per heavy atom. The molecule has 2 atom stereocenters. The lowest BCUT2D eigenvalue weighted by Gasteiger charge is -2.36. The van der Waals surface area contributed by atoms with E-state index in [0.717, 1.165) is 37.2 Å². The highest BCUT2D eigenvalue weighted by Crippen LogP contribution is 2.27. The Balaban J connectivity index is 1.22. The SMILES string of the molecule is O=C(NCCc1cnc[nH]1)[C@H]1C[C@@H](C(=O)Nc2ccc3c(c2)CCC3)CN(CCc2ccccc2)C1. The van der Waals surface area contributed by atoms with Gasteiger partial charge in [0.1, 0.15) is 0 Å². The molecule has 7 heteroatoms. The molecule has 0 saturated carbocycles. The fraction of sp³-hybridized carbons (Fsp3) is 0.414. The summed E-state index contributed by atoms with van der Waals surface area (Å²) in [5.74, 6) is -0.417. The summed E-state index contributed by atoms with van der Waals surface area (Å²) in [5, 5.41) is 6.23. The summed E-state index contributed by atoms with van der Waals surface area (Å²) >= 11 is 0. The number of aryl methyl sites for hydroxylation is 2. The quantitative estimate of drug-likeness (QED) is 0.434. The summed E-state index contributed by atoms with van der Waals surface area (Å²) in [5.41, 5.74) is 5.86. The smallest absolute Gasteiger partial charge is 0.228 e. The van der Waals surface area contributed by atoms with Gasteiger partial charge in [-0.1, -0.05) is 36.4 Å². The number of nitrogens with zero attached hydrogens (tertiary/aromatic N) is 2. The van der Waals surface area contributed by atoms with Crippen molar-refractivity contribution in [2.45, 2.75) is 38.5 Å². The molecule has 0 bridgehead atoms. The van der Waals surface area contributed by atoms with Gasteiger partial charge in [-0.15, -0.1) is 0 Å². The Labute approximate surface area is 212 Å². The van der Waals surface area contributed by atoms with E-state index in [9.17, 15) is 9.59 Å². The number of carbonyl (C=O) groups is 2. The van der Waals surface area contributed by atoms with Crippen LogP contribution in [-0.4, -0.2) is 52.9 Å². The predicted molar refractivity (Wildman–Crippen MR) is 141 cm³/mol. The van der Waals surface area contributed by atoms with Gasteiger partial charge >= 0.3 is 0 Å². The molecule has 0 unspecified atom stereocenters. The third kappa shape index (κ3) is 6.21. The Hall–Kier alpha value is -3.45. The van der Waals surface area contributed by atoms with Crippen molar-refractivity contribution in [2.75, 3.05) is 31.5 Å². The molecule has 1 saturated heterocycles. The topological polar surface area (TPSA) is 90.1 Å². The molecule has 5 rings (SSSR count). The number of benzene rings is 2. The van der Waals surface area contributed by atoms with Crippen LogP contribution in [0, 0.1) is 11.8 Å². The zero-order valence-electron chi connectivity index (χ0n) is 20.7. The van der Waals surface area contributed by atoms with Crippen molar-refractivity contribution in [3.63, 3.8) is 0 Å². The minimum Gasteiger partial charge on any atom is -0.355 e. The first-order chi connectivity index (χ1) is 17.6. The van der Waals surface area contributed by atoms with Crippen LogP contribution in [0.1, 0.15) is 35.2 Å². The largest absolute Gasteiger partial charge is 0.355 e. The first-order valence-corrected chi connectivity index (χ1v) is 13.1. The van der Waals surface area contributed by atoms with Crippen molar-refractivity contribution in [1.29, 1.82) is 0 Å². The van der Waals surface area contributed by atoms with Crippen molar-refractivity contribution in [1.82, 2.24) is 20.2 Å².